The third kappa shape index (κ3) is 6.64. The first-order valence-corrected chi connectivity index (χ1v) is 21.6. The average molecular weight is 857 g/mol. The van der Waals surface area contributed by atoms with Gasteiger partial charge in [-0.1, -0.05) is 30.3 Å². The van der Waals surface area contributed by atoms with Gasteiger partial charge in [0, 0.05) is 55.9 Å². The number of aromatic nitrogens is 5. The Morgan fingerprint density at radius 3 is 2.37 bits per heavy atom. The van der Waals surface area contributed by atoms with E-state index in [2.05, 4.69) is 35.3 Å². The van der Waals surface area contributed by atoms with Gasteiger partial charge in [-0.3, -0.25) is 24.0 Å². The number of fused-ring (bicyclic) bond motifs is 2. The van der Waals surface area contributed by atoms with Crippen LogP contribution >= 0.6 is 0 Å². The monoisotopic (exact) mass is 856 g/mol. The molecule has 16 heteroatoms. The Hall–Kier alpha value is -6.55. The fraction of sp³-hybridized carbons (Fsp3) is 0.404. The SMILES string of the molecule is COc1ccc(CN2CCN(c3nc4c(c(=O)n3-c3cc(C)c(F)c(C)c3)CCN(C(=O)c3cc5cc(C6CCOCC6)ccc5n3[C@]3(c5noc(=O)[nH]5)C[C@@H]3C)[C@H]4C)C2=O)cc1. The van der Waals surface area contributed by atoms with Crippen LogP contribution in [0.15, 0.2) is 74.8 Å². The molecule has 63 heavy (non-hydrogen) atoms. The number of H-pyrrole nitrogens is 1. The Kier molecular flexibility index (Phi) is 9.88. The number of aryl methyl sites for hydroxylation is 2. The van der Waals surface area contributed by atoms with Gasteiger partial charge in [0.05, 0.1) is 24.5 Å². The molecular weight excluding hydrogens is 808 g/mol. The maximum Gasteiger partial charge on any atom is 0.438 e. The number of carbonyl (C=O) groups is 2. The highest BCUT2D eigenvalue weighted by Crippen LogP contribution is 2.56. The van der Waals surface area contributed by atoms with Crippen LogP contribution in [-0.4, -0.2) is 86.0 Å². The van der Waals surface area contributed by atoms with Crippen LogP contribution in [0.3, 0.4) is 0 Å². The molecule has 15 nitrogen and oxygen atoms in total. The average Bonchev–Trinajstić information content (AvgIpc) is 3.58. The minimum absolute atomic E-state index is 0.0128. The first-order chi connectivity index (χ1) is 30.4. The van der Waals surface area contributed by atoms with Crippen molar-refractivity contribution >= 4 is 28.8 Å². The molecular formula is C47H49FN8O7. The lowest BCUT2D eigenvalue weighted by Crippen LogP contribution is -2.45. The second-order valence-electron chi connectivity index (χ2n) is 17.5. The lowest BCUT2D eigenvalue weighted by atomic mass is 9.91. The summed E-state index contributed by atoms with van der Waals surface area (Å²) < 4.78 is 34.4. The normalized spacial score (nSPS) is 21.4. The number of nitrogens with zero attached hydrogens (tertiary/aromatic N) is 7. The topological polar surface area (TPSA) is 161 Å². The first-order valence-electron chi connectivity index (χ1n) is 21.6. The van der Waals surface area contributed by atoms with Crippen LogP contribution in [0.2, 0.25) is 0 Å². The van der Waals surface area contributed by atoms with Gasteiger partial charge in [0.2, 0.25) is 5.95 Å². The van der Waals surface area contributed by atoms with Crippen molar-refractivity contribution in [3.05, 3.63) is 132 Å². The summed E-state index contributed by atoms with van der Waals surface area (Å²) >= 11 is 0. The van der Waals surface area contributed by atoms with Gasteiger partial charge in [0.15, 0.2) is 5.82 Å². The molecule has 1 aliphatic carbocycles. The van der Waals surface area contributed by atoms with Crippen molar-refractivity contribution in [2.24, 2.45) is 5.92 Å². The lowest BCUT2D eigenvalue weighted by molar-refractivity contribution is 0.0658. The molecule has 3 aliphatic heterocycles. The molecule has 1 N–H and O–H groups in total. The van der Waals surface area contributed by atoms with Crippen molar-refractivity contribution in [3.63, 3.8) is 0 Å². The lowest BCUT2D eigenvalue weighted by Gasteiger charge is -2.36. The summed E-state index contributed by atoms with van der Waals surface area (Å²) in [5, 5.41) is 5.03. The number of amides is 3. The van der Waals surface area contributed by atoms with Gasteiger partial charge in [-0.2, -0.15) is 0 Å². The number of anilines is 1. The maximum atomic E-state index is 15.3. The second kappa shape index (κ2) is 15.4. The van der Waals surface area contributed by atoms with Crippen molar-refractivity contribution < 1.29 is 28.0 Å². The molecule has 326 valence electrons. The first kappa shape index (κ1) is 40.5. The summed E-state index contributed by atoms with van der Waals surface area (Å²) in [6.07, 6.45) is 2.63. The smallest absolute Gasteiger partial charge is 0.438 e. The van der Waals surface area contributed by atoms with Gasteiger partial charge in [-0.25, -0.2) is 23.5 Å². The summed E-state index contributed by atoms with van der Waals surface area (Å²) in [6, 6.07) is 17.9. The number of nitrogens with one attached hydrogen (secondary N) is 1. The van der Waals surface area contributed by atoms with E-state index in [0.717, 1.165) is 29.3 Å². The van der Waals surface area contributed by atoms with Crippen LogP contribution < -0.4 is 21.0 Å². The second-order valence-corrected chi connectivity index (χ2v) is 17.5. The van der Waals surface area contributed by atoms with E-state index in [4.69, 9.17) is 19.0 Å². The van der Waals surface area contributed by atoms with E-state index in [1.54, 1.807) is 42.9 Å². The van der Waals surface area contributed by atoms with E-state index >= 15 is 9.18 Å². The van der Waals surface area contributed by atoms with Crippen LogP contribution in [0, 0.1) is 25.6 Å². The number of hydrogen-bond donors (Lipinski definition) is 1. The van der Waals surface area contributed by atoms with Crippen LogP contribution in [0.4, 0.5) is 15.1 Å². The Morgan fingerprint density at radius 1 is 0.968 bits per heavy atom. The molecule has 6 aromatic rings. The van der Waals surface area contributed by atoms with Gasteiger partial charge in [-0.15, -0.1) is 0 Å². The van der Waals surface area contributed by atoms with E-state index in [9.17, 15) is 14.4 Å². The standard InChI is InChI=1S/C47H49FN8O7/c1-26-20-34(21-27(2)39(26)48)55-41(57)36-12-15-53(29(4)40(36)49-44(55)54-17-16-52(46(54)60)25-30-6-9-35(61-5)10-7-30)42(58)38-23-33-22-32(31-13-18-62-19-14-31)8-11-37(33)56(38)47(24-28(47)3)43-50-45(59)63-51-43/h6-11,20-23,28-29,31H,12-19,24-25H2,1-5H3,(H,50,51,59)/t28-,29-,47+/m0/s1. The largest absolute Gasteiger partial charge is 0.497 e. The van der Waals surface area contributed by atoms with E-state index in [-0.39, 0.29) is 54.7 Å². The number of rotatable bonds is 9. The molecule has 3 atom stereocenters. The number of urea groups is 1. The third-order valence-electron chi connectivity index (χ3n) is 13.7. The Balaban J connectivity index is 1.06. The number of carbonyl (C=O) groups excluding carboxylic acids is 2. The summed E-state index contributed by atoms with van der Waals surface area (Å²) in [5.41, 5.74) is 4.02. The fourth-order valence-electron chi connectivity index (χ4n) is 10.1. The molecule has 3 aromatic heterocycles. The molecule has 2 saturated heterocycles. The van der Waals surface area contributed by atoms with E-state index < -0.39 is 17.3 Å². The highest BCUT2D eigenvalue weighted by molar-refractivity contribution is 6.00. The number of aromatic amines is 1. The van der Waals surface area contributed by atoms with Crippen LogP contribution in [-0.2, 0) is 23.2 Å². The summed E-state index contributed by atoms with van der Waals surface area (Å²) in [4.78, 5) is 69.7. The van der Waals surface area contributed by atoms with Crippen molar-refractivity contribution in [1.82, 2.24) is 34.1 Å². The maximum absolute atomic E-state index is 15.3. The number of halogens is 1. The Bertz CT molecular complexity index is 2910. The van der Waals surface area contributed by atoms with Crippen molar-refractivity contribution in [1.29, 1.82) is 0 Å². The summed E-state index contributed by atoms with van der Waals surface area (Å²) in [5.74, 6) is 0.175. The minimum Gasteiger partial charge on any atom is -0.497 e. The quantitative estimate of drug-likeness (QED) is 0.171. The van der Waals surface area contributed by atoms with Gasteiger partial charge < -0.3 is 23.8 Å². The molecule has 4 aliphatic rings. The molecule has 3 fully saturated rings. The van der Waals surface area contributed by atoms with Crippen molar-refractivity contribution in [2.45, 2.75) is 77.4 Å². The van der Waals surface area contributed by atoms with E-state index in [1.807, 2.05) is 41.8 Å². The third-order valence-corrected chi connectivity index (χ3v) is 13.7. The molecule has 1 saturated carbocycles. The number of hydrogen-bond acceptors (Lipinski definition) is 9. The van der Waals surface area contributed by atoms with E-state index in [1.165, 1.54) is 15.0 Å². The van der Waals surface area contributed by atoms with Gasteiger partial charge in [0.25, 0.3) is 11.5 Å². The zero-order chi connectivity index (χ0) is 43.9. The van der Waals surface area contributed by atoms with Crippen LogP contribution in [0.5, 0.6) is 5.75 Å². The molecule has 0 unspecified atom stereocenters. The van der Waals surface area contributed by atoms with Crippen molar-refractivity contribution in [2.75, 3.05) is 44.9 Å². The van der Waals surface area contributed by atoms with Crippen LogP contribution in [0.1, 0.15) is 94.9 Å². The predicted molar refractivity (Wildman–Crippen MR) is 231 cm³/mol. The van der Waals surface area contributed by atoms with Gasteiger partial charge >= 0.3 is 11.8 Å². The predicted octanol–water partition coefficient (Wildman–Crippen LogP) is 6.51. The van der Waals surface area contributed by atoms with Crippen molar-refractivity contribution in [3.8, 4) is 11.4 Å². The molecule has 0 bridgehead atoms. The van der Waals surface area contributed by atoms with Crippen LogP contribution in [0.25, 0.3) is 16.6 Å². The number of benzene rings is 3. The Labute approximate surface area is 362 Å². The van der Waals surface area contributed by atoms with Gasteiger partial charge in [-0.05, 0) is 123 Å². The summed E-state index contributed by atoms with van der Waals surface area (Å²) in [6.45, 7) is 9.74. The number of methoxy groups -OCH3 is 1. The van der Waals surface area contributed by atoms with Gasteiger partial charge in [0.1, 0.15) is 22.8 Å². The summed E-state index contributed by atoms with van der Waals surface area (Å²) in [7, 11) is 1.60. The molecule has 6 heterocycles. The highest BCUT2D eigenvalue weighted by atomic mass is 19.1. The highest BCUT2D eigenvalue weighted by Gasteiger charge is 2.59. The molecule has 0 radical (unpaired) electrons. The Morgan fingerprint density at radius 2 is 1.70 bits per heavy atom. The molecule has 10 rings (SSSR count). The molecule has 3 aromatic carbocycles. The zero-order valence-electron chi connectivity index (χ0n) is 35.9. The fourth-order valence-corrected chi connectivity index (χ4v) is 10.1. The number of ether oxygens (including phenoxy) is 2. The van der Waals surface area contributed by atoms with E-state index in [0.29, 0.717) is 84.0 Å². The minimum atomic E-state index is -0.839. The zero-order valence-corrected chi connectivity index (χ0v) is 35.9. The molecule has 3 amide bonds. The molecule has 0 spiro atoms.